The first-order valence-electron chi connectivity index (χ1n) is 7.15. The summed E-state index contributed by atoms with van der Waals surface area (Å²) in [7, 11) is 1.61. The number of hydrogen-bond acceptors (Lipinski definition) is 4. The van der Waals surface area contributed by atoms with Crippen molar-refractivity contribution in [2.45, 2.75) is 6.54 Å². The zero-order valence-electron chi connectivity index (χ0n) is 12.6. The molecule has 3 heterocycles. The fourth-order valence-corrected chi connectivity index (χ4v) is 2.21. The minimum atomic E-state index is -0.385. The van der Waals surface area contributed by atoms with Gasteiger partial charge >= 0.3 is 0 Å². The predicted molar refractivity (Wildman–Crippen MR) is 83.9 cm³/mol. The molecule has 0 fully saturated rings. The van der Waals surface area contributed by atoms with E-state index in [0.29, 0.717) is 13.1 Å². The molecule has 3 aromatic heterocycles. The molecule has 0 aliphatic rings. The quantitative estimate of drug-likeness (QED) is 0.769. The van der Waals surface area contributed by atoms with E-state index in [1.54, 1.807) is 36.5 Å². The third-order valence-electron chi connectivity index (χ3n) is 3.43. The minimum absolute atomic E-state index is 0.131. The zero-order valence-corrected chi connectivity index (χ0v) is 12.6. The van der Waals surface area contributed by atoms with Crippen LogP contribution in [0.25, 0.3) is 11.3 Å². The van der Waals surface area contributed by atoms with Crippen LogP contribution in [-0.2, 0) is 13.6 Å². The highest BCUT2D eigenvalue weighted by molar-refractivity contribution is 5.93. The van der Waals surface area contributed by atoms with Crippen LogP contribution in [0.4, 0.5) is 0 Å². The summed E-state index contributed by atoms with van der Waals surface area (Å²) in [6.07, 6.45) is 6.76. The number of carbonyl (C=O) groups excluding carboxylic acids is 1. The Bertz CT molecular complexity index is 862. The summed E-state index contributed by atoms with van der Waals surface area (Å²) >= 11 is 0. The number of hydrogen-bond donors (Lipinski definition) is 1. The fraction of sp³-hybridized carbons (Fsp3) is 0.188. The number of carbonyl (C=O) groups is 1. The number of amides is 1. The number of nitrogens with zero attached hydrogens (tertiary/aromatic N) is 3. The van der Waals surface area contributed by atoms with E-state index in [4.69, 9.17) is 4.42 Å². The molecule has 0 aliphatic carbocycles. The minimum Gasteiger partial charge on any atom is -0.464 e. The van der Waals surface area contributed by atoms with Gasteiger partial charge in [0.1, 0.15) is 11.3 Å². The zero-order chi connectivity index (χ0) is 16.2. The monoisotopic (exact) mass is 312 g/mol. The molecule has 0 radical (unpaired) electrons. The van der Waals surface area contributed by atoms with E-state index in [2.05, 4.69) is 10.4 Å². The van der Waals surface area contributed by atoms with Crippen molar-refractivity contribution in [2.24, 2.45) is 7.05 Å². The molecular formula is C16H16N4O3. The lowest BCUT2D eigenvalue weighted by molar-refractivity contribution is 0.0950. The van der Waals surface area contributed by atoms with Crippen molar-refractivity contribution < 1.29 is 9.21 Å². The van der Waals surface area contributed by atoms with Gasteiger partial charge in [0.25, 0.3) is 11.5 Å². The van der Waals surface area contributed by atoms with Gasteiger partial charge in [0, 0.05) is 26.0 Å². The highest BCUT2D eigenvalue weighted by Crippen LogP contribution is 2.18. The van der Waals surface area contributed by atoms with Gasteiger partial charge in [0.05, 0.1) is 24.6 Å². The van der Waals surface area contributed by atoms with Crippen LogP contribution in [0.3, 0.4) is 0 Å². The Morgan fingerprint density at radius 2 is 2.22 bits per heavy atom. The number of nitrogens with one attached hydrogen (secondary N) is 1. The molecule has 23 heavy (non-hydrogen) atoms. The van der Waals surface area contributed by atoms with E-state index in [1.807, 2.05) is 18.3 Å². The van der Waals surface area contributed by atoms with E-state index in [1.165, 1.54) is 10.6 Å². The van der Waals surface area contributed by atoms with Crippen molar-refractivity contribution in [1.29, 1.82) is 0 Å². The van der Waals surface area contributed by atoms with Crippen molar-refractivity contribution in [3.05, 3.63) is 65.0 Å². The van der Waals surface area contributed by atoms with Gasteiger partial charge in [-0.05, 0) is 24.3 Å². The van der Waals surface area contributed by atoms with E-state index >= 15 is 0 Å². The molecule has 0 unspecified atom stereocenters. The number of aryl methyl sites for hydroxylation is 1. The molecule has 0 aromatic carbocycles. The van der Waals surface area contributed by atoms with Gasteiger partial charge in [-0.1, -0.05) is 0 Å². The van der Waals surface area contributed by atoms with Crippen molar-refractivity contribution in [3.8, 4) is 11.3 Å². The summed E-state index contributed by atoms with van der Waals surface area (Å²) < 4.78 is 8.38. The van der Waals surface area contributed by atoms with Gasteiger partial charge in [0.2, 0.25) is 0 Å². The van der Waals surface area contributed by atoms with Crippen LogP contribution >= 0.6 is 0 Å². The lowest BCUT2D eigenvalue weighted by Crippen LogP contribution is -2.33. The van der Waals surface area contributed by atoms with Crippen LogP contribution < -0.4 is 10.9 Å². The van der Waals surface area contributed by atoms with Crippen LogP contribution in [-0.4, -0.2) is 26.8 Å². The Morgan fingerprint density at radius 3 is 3.00 bits per heavy atom. The maximum atomic E-state index is 12.0. The van der Waals surface area contributed by atoms with Crippen molar-refractivity contribution in [3.63, 3.8) is 0 Å². The Balaban J connectivity index is 1.58. The summed E-state index contributed by atoms with van der Waals surface area (Å²) in [6.45, 7) is 0.871. The maximum Gasteiger partial charge on any atom is 0.263 e. The van der Waals surface area contributed by atoms with Crippen LogP contribution in [0.15, 0.2) is 58.3 Å². The first-order valence-corrected chi connectivity index (χ1v) is 7.15. The standard InChI is InChI=1S/C16H16N4O3/c1-19-7-2-4-13(16(19)22)15(21)17-6-8-20-11-12(10-18-20)14-5-3-9-23-14/h2-5,7,9-11H,6,8H2,1H3,(H,17,21). The molecule has 0 spiro atoms. The normalized spacial score (nSPS) is 10.7. The number of aromatic nitrogens is 3. The smallest absolute Gasteiger partial charge is 0.263 e. The average Bonchev–Trinajstić information content (AvgIpc) is 3.20. The molecule has 1 amide bonds. The highest BCUT2D eigenvalue weighted by Gasteiger charge is 2.10. The molecule has 0 aliphatic heterocycles. The summed E-state index contributed by atoms with van der Waals surface area (Å²) in [6, 6.07) is 6.85. The van der Waals surface area contributed by atoms with Gasteiger partial charge in [-0.2, -0.15) is 5.10 Å². The molecule has 1 N–H and O–H groups in total. The van der Waals surface area contributed by atoms with Crippen molar-refractivity contribution in [1.82, 2.24) is 19.7 Å². The Hall–Kier alpha value is -3.09. The topological polar surface area (TPSA) is 82.1 Å². The highest BCUT2D eigenvalue weighted by atomic mass is 16.3. The Kier molecular flexibility index (Phi) is 4.09. The van der Waals surface area contributed by atoms with Crippen molar-refractivity contribution >= 4 is 5.91 Å². The van der Waals surface area contributed by atoms with Crippen LogP contribution in [0.2, 0.25) is 0 Å². The second-order valence-corrected chi connectivity index (χ2v) is 5.06. The molecule has 0 saturated carbocycles. The first-order chi connectivity index (χ1) is 11.1. The number of rotatable bonds is 5. The molecule has 0 bridgehead atoms. The Morgan fingerprint density at radius 1 is 1.35 bits per heavy atom. The molecule has 7 nitrogen and oxygen atoms in total. The number of furan rings is 1. The molecule has 7 heteroatoms. The van der Waals surface area contributed by atoms with Crippen LogP contribution in [0, 0.1) is 0 Å². The third-order valence-corrected chi connectivity index (χ3v) is 3.43. The number of pyridine rings is 1. The molecule has 3 rings (SSSR count). The SMILES string of the molecule is Cn1cccc(C(=O)NCCn2cc(-c3ccco3)cn2)c1=O. The van der Waals surface area contributed by atoms with Gasteiger partial charge in [-0.3, -0.25) is 14.3 Å². The summed E-state index contributed by atoms with van der Waals surface area (Å²) in [5.41, 5.74) is 0.689. The second kappa shape index (κ2) is 6.35. The molecule has 0 saturated heterocycles. The van der Waals surface area contributed by atoms with E-state index in [0.717, 1.165) is 11.3 Å². The lowest BCUT2D eigenvalue weighted by Gasteiger charge is -2.06. The first kappa shape index (κ1) is 14.8. The summed E-state index contributed by atoms with van der Waals surface area (Å²) in [5, 5.41) is 6.94. The lowest BCUT2D eigenvalue weighted by atomic mass is 10.2. The average molecular weight is 312 g/mol. The summed E-state index contributed by atoms with van der Waals surface area (Å²) in [5.74, 6) is 0.359. The van der Waals surface area contributed by atoms with E-state index in [-0.39, 0.29) is 17.0 Å². The van der Waals surface area contributed by atoms with Crippen LogP contribution in [0.1, 0.15) is 10.4 Å². The molecule has 3 aromatic rings. The maximum absolute atomic E-state index is 12.0. The second-order valence-electron chi connectivity index (χ2n) is 5.06. The fourth-order valence-electron chi connectivity index (χ4n) is 2.21. The predicted octanol–water partition coefficient (Wildman–Crippen LogP) is 1.27. The van der Waals surface area contributed by atoms with Gasteiger partial charge in [0.15, 0.2) is 0 Å². The van der Waals surface area contributed by atoms with E-state index < -0.39 is 0 Å². The van der Waals surface area contributed by atoms with Crippen LogP contribution in [0.5, 0.6) is 0 Å². The third kappa shape index (κ3) is 3.23. The van der Waals surface area contributed by atoms with Gasteiger partial charge in [-0.15, -0.1) is 0 Å². The summed E-state index contributed by atoms with van der Waals surface area (Å²) in [4.78, 5) is 23.9. The molecular weight excluding hydrogens is 296 g/mol. The van der Waals surface area contributed by atoms with Gasteiger partial charge < -0.3 is 14.3 Å². The van der Waals surface area contributed by atoms with Gasteiger partial charge in [-0.25, -0.2) is 0 Å². The largest absolute Gasteiger partial charge is 0.464 e. The Labute approximate surface area is 132 Å². The van der Waals surface area contributed by atoms with Crippen molar-refractivity contribution in [2.75, 3.05) is 6.54 Å². The molecule has 118 valence electrons. The van der Waals surface area contributed by atoms with E-state index in [9.17, 15) is 9.59 Å². The molecule has 0 atom stereocenters.